The molecular weight excluding hydrogens is 527 g/mol. The molecule has 5 rings (SSSR count). The number of benzene rings is 2. The van der Waals surface area contributed by atoms with Crippen molar-refractivity contribution < 1.29 is 31.2 Å². The number of imide groups is 1. The highest BCUT2D eigenvalue weighted by atomic mass is 32.2. The highest BCUT2D eigenvalue weighted by molar-refractivity contribution is 7.92. The largest absolute Gasteiger partial charge is 0.501 e. The van der Waals surface area contributed by atoms with E-state index in [4.69, 9.17) is 0 Å². The van der Waals surface area contributed by atoms with Gasteiger partial charge >= 0.3 is 11.5 Å². The van der Waals surface area contributed by atoms with Crippen molar-refractivity contribution in [2.24, 2.45) is 0 Å². The van der Waals surface area contributed by atoms with E-state index < -0.39 is 38.2 Å². The first-order valence-electron chi connectivity index (χ1n) is 11.0. The van der Waals surface area contributed by atoms with E-state index >= 15 is 0 Å². The molecule has 1 aliphatic rings. The minimum absolute atomic E-state index is 0.0199. The van der Waals surface area contributed by atoms with Crippen LogP contribution in [0.5, 0.6) is 0 Å². The van der Waals surface area contributed by atoms with Crippen molar-refractivity contribution >= 4 is 48.9 Å². The Balaban J connectivity index is 1.50. The number of halogens is 3. The third kappa shape index (κ3) is 4.46. The molecule has 2 aromatic heterocycles. The molecule has 0 N–H and O–H groups in total. The Morgan fingerprint density at radius 3 is 2.30 bits per heavy atom. The zero-order valence-corrected chi connectivity index (χ0v) is 20.6. The van der Waals surface area contributed by atoms with Crippen LogP contribution in [-0.2, 0) is 27.6 Å². The van der Waals surface area contributed by atoms with Gasteiger partial charge in [-0.1, -0.05) is 18.2 Å². The molecular formula is C25H18F3N3O4S2. The summed E-state index contributed by atoms with van der Waals surface area (Å²) in [5.41, 5.74) is -3.86. The van der Waals surface area contributed by atoms with E-state index in [-0.39, 0.29) is 18.7 Å². The van der Waals surface area contributed by atoms with E-state index in [1.807, 2.05) is 29.6 Å². The highest BCUT2D eigenvalue weighted by Gasteiger charge is 2.48. The maximum atomic E-state index is 13.6. The number of fused-ring (bicyclic) bond motifs is 1. The number of pyridine rings is 1. The van der Waals surface area contributed by atoms with Crippen molar-refractivity contribution in [3.8, 4) is 0 Å². The summed E-state index contributed by atoms with van der Waals surface area (Å²) in [6.45, 7) is 0.108. The molecule has 2 aromatic carbocycles. The lowest BCUT2D eigenvalue weighted by molar-refractivity contribution is -0.119. The Morgan fingerprint density at radius 2 is 1.62 bits per heavy atom. The molecule has 3 heterocycles. The number of carbonyl (C=O) groups excluding carboxylic acids is 2. The predicted molar refractivity (Wildman–Crippen MR) is 132 cm³/mol. The third-order valence-corrected chi connectivity index (χ3v) is 8.62. The molecule has 7 nitrogen and oxygen atoms in total. The van der Waals surface area contributed by atoms with Gasteiger partial charge in [0, 0.05) is 30.1 Å². The van der Waals surface area contributed by atoms with Crippen molar-refractivity contribution in [1.82, 2.24) is 9.88 Å². The number of aromatic nitrogens is 1. The van der Waals surface area contributed by atoms with Crippen LogP contribution in [-0.4, -0.2) is 41.8 Å². The molecule has 3 amide bonds. The second-order valence-electron chi connectivity index (χ2n) is 8.36. The molecule has 12 heteroatoms. The number of nitrogens with zero attached hydrogens (tertiary/aromatic N) is 3. The summed E-state index contributed by atoms with van der Waals surface area (Å²) in [6, 6.07) is 13.1. The molecule has 0 radical (unpaired) electrons. The SMILES string of the molecule is O=C1C(Cc2csc3ccccc23)N(Cc2ccncc2)C(=O)N1c1ccc(S(=O)(=O)C(F)(F)F)cc1. The Labute approximate surface area is 213 Å². The van der Waals surface area contributed by atoms with Gasteiger partial charge in [0.1, 0.15) is 6.04 Å². The van der Waals surface area contributed by atoms with Crippen LogP contribution in [0.1, 0.15) is 11.1 Å². The van der Waals surface area contributed by atoms with Crippen molar-refractivity contribution in [2.75, 3.05) is 4.90 Å². The third-order valence-electron chi connectivity index (χ3n) is 6.11. The lowest BCUT2D eigenvalue weighted by Gasteiger charge is -2.22. The van der Waals surface area contributed by atoms with Crippen molar-refractivity contribution in [1.29, 1.82) is 0 Å². The summed E-state index contributed by atoms with van der Waals surface area (Å²) in [4.78, 5) is 32.3. The number of sulfone groups is 1. The van der Waals surface area contributed by atoms with E-state index in [2.05, 4.69) is 4.98 Å². The van der Waals surface area contributed by atoms with Crippen LogP contribution in [0.25, 0.3) is 10.1 Å². The fourth-order valence-electron chi connectivity index (χ4n) is 4.24. The fourth-order valence-corrected chi connectivity index (χ4v) is 5.98. The summed E-state index contributed by atoms with van der Waals surface area (Å²) in [7, 11) is -5.56. The standard InChI is InChI=1S/C25H18F3N3O4S2/c26-25(27,28)37(34,35)19-7-5-18(6-8-19)31-23(32)21(13-17-15-36-22-4-2-1-3-20(17)22)30(24(31)33)14-16-9-11-29-12-10-16/h1-12,15,21H,13-14H2. The molecule has 4 aromatic rings. The first kappa shape index (κ1) is 24.9. The molecule has 37 heavy (non-hydrogen) atoms. The van der Waals surface area contributed by atoms with Gasteiger partial charge in [-0.3, -0.25) is 9.78 Å². The Morgan fingerprint density at radius 1 is 0.946 bits per heavy atom. The number of thiophene rings is 1. The summed E-state index contributed by atoms with van der Waals surface area (Å²) < 4.78 is 63.3. The van der Waals surface area contributed by atoms with Gasteiger partial charge in [0.2, 0.25) is 0 Å². The van der Waals surface area contributed by atoms with E-state index in [0.717, 1.165) is 50.4 Å². The second kappa shape index (κ2) is 9.27. The van der Waals surface area contributed by atoms with Gasteiger partial charge < -0.3 is 4.90 Å². The Hall–Kier alpha value is -3.77. The van der Waals surface area contributed by atoms with E-state index in [1.54, 1.807) is 24.5 Å². The zero-order valence-electron chi connectivity index (χ0n) is 18.9. The maximum absolute atomic E-state index is 13.6. The normalized spacial score (nSPS) is 16.7. The fraction of sp³-hybridized carbons (Fsp3) is 0.160. The molecule has 0 aliphatic carbocycles. The topological polar surface area (TPSA) is 87.7 Å². The monoisotopic (exact) mass is 545 g/mol. The molecule has 1 saturated heterocycles. The maximum Gasteiger partial charge on any atom is 0.501 e. The van der Waals surface area contributed by atoms with Crippen LogP contribution in [0.15, 0.2) is 83.3 Å². The molecule has 1 atom stereocenters. The average molecular weight is 546 g/mol. The Kier molecular flexibility index (Phi) is 6.24. The minimum atomic E-state index is -5.56. The molecule has 0 spiro atoms. The predicted octanol–water partition coefficient (Wildman–Crippen LogP) is 5.17. The van der Waals surface area contributed by atoms with Gasteiger partial charge in [0.05, 0.1) is 10.6 Å². The number of urea groups is 1. The van der Waals surface area contributed by atoms with E-state index in [0.29, 0.717) is 0 Å². The summed E-state index contributed by atoms with van der Waals surface area (Å²) in [5.74, 6) is -0.555. The van der Waals surface area contributed by atoms with Gasteiger partial charge in [-0.15, -0.1) is 11.3 Å². The van der Waals surface area contributed by atoms with Crippen LogP contribution < -0.4 is 4.90 Å². The van der Waals surface area contributed by atoms with Gasteiger partial charge in [0.15, 0.2) is 0 Å². The number of hydrogen-bond donors (Lipinski definition) is 0. The number of alkyl halides is 3. The lowest BCUT2D eigenvalue weighted by Crippen LogP contribution is -2.36. The van der Waals surface area contributed by atoms with Crippen LogP contribution in [0.4, 0.5) is 23.7 Å². The first-order chi connectivity index (χ1) is 17.6. The van der Waals surface area contributed by atoms with E-state index in [9.17, 15) is 31.2 Å². The van der Waals surface area contributed by atoms with E-state index in [1.165, 1.54) is 16.2 Å². The van der Waals surface area contributed by atoms with Crippen LogP contribution >= 0.6 is 11.3 Å². The molecule has 0 saturated carbocycles. The molecule has 1 aliphatic heterocycles. The molecule has 1 unspecified atom stereocenters. The summed E-state index contributed by atoms with van der Waals surface area (Å²) in [6.07, 6.45) is 3.37. The summed E-state index contributed by atoms with van der Waals surface area (Å²) in [5, 5.41) is 2.91. The second-order valence-corrected chi connectivity index (χ2v) is 11.2. The number of amides is 3. The van der Waals surface area contributed by atoms with Crippen LogP contribution in [0.3, 0.4) is 0 Å². The first-order valence-corrected chi connectivity index (χ1v) is 13.3. The smallest absolute Gasteiger partial charge is 0.307 e. The number of hydrogen-bond acceptors (Lipinski definition) is 6. The lowest BCUT2D eigenvalue weighted by atomic mass is 10.0. The van der Waals surface area contributed by atoms with Gasteiger partial charge in [0.25, 0.3) is 15.7 Å². The average Bonchev–Trinajstić information content (AvgIpc) is 3.38. The Bertz CT molecular complexity index is 1590. The van der Waals surface area contributed by atoms with Crippen molar-refractivity contribution in [3.63, 3.8) is 0 Å². The van der Waals surface area contributed by atoms with Crippen LogP contribution in [0.2, 0.25) is 0 Å². The molecule has 1 fully saturated rings. The number of carbonyl (C=O) groups is 2. The van der Waals surface area contributed by atoms with Gasteiger partial charge in [-0.25, -0.2) is 18.1 Å². The summed E-state index contributed by atoms with van der Waals surface area (Å²) >= 11 is 1.52. The highest BCUT2D eigenvalue weighted by Crippen LogP contribution is 2.34. The van der Waals surface area contributed by atoms with Crippen molar-refractivity contribution in [3.05, 3.63) is 89.6 Å². The molecule has 0 bridgehead atoms. The molecule has 190 valence electrons. The minimum Gasteiger partial charge on any atom is -0.307 e. The van der Waals surface area contributed by atoms with Crippen LogP contribution in [0, 0.1) is 0 Å². The van der Waals surface area contributed by atoms with Gasteiger partial charge in [-0.2, -0.15) is 13.2 Å². The number of anilines is 1. The quantitative estimate of drug-likeness (QED) is 0.312. The van der Waals surface area contributed by atoms with Crippen molar-refractivity contribution in [2.45, 2.75) is 29.4 Å². The zero-order chi connectivity index (χ0) is 26.4. The van der Waals surface area contributed by atoms with Gasteiger partial charge in [-0.05, 0) is 64.4 Å². The number of rotatable bonds is 6.